The smallest absolute Gasteiger partial charge is 0.335 e. The summed E-state index contributed by atoms with van der Waals surface area (Å²) in [5.41, 5.74) is 0.0554. The number of aromatic carboxylic acids is 1. The Morgan fingerprint density at radius 1 is 1.25 bits per heavy atom. The highest BCUT2D eigenvalue weighted by Gasteiger charge is 2.15. The Bertz CT molecular complexity index is 690. The van der Waals surface area contributed by atoms with Gasteiger partial charge in [0.15, 0.2) is 0 Å². The molecule has 1 N–H and O–H groups in total. The van der Waals surface area contributed by atoms with Crippen molar-refractivity contribution in [2.45, 2.75) is 9.79 Å². The van der Waals surface area contributed by atoms with E-state index in [1.165, 1.54) is 30.3 Å². The van der Waals surface area contributed by atoms with E-state index in [1.54, 1.807) is 12.1 Å². The van der Waals surface area contributed by atoms with E-state index in [9.17, 15) is 14.9 Å². The Morgan fingerprint density at radius 2 is 2.00 bits per heavy atom. The van der Waals surface area contributed by atoms with E-state index in [2.05, 4.69) is 0 Å². The van der Waals surface area contributed by atoms with E-state index < -0.39 is 10.9 Å². The van der Waals surface area contributed by atoms with Crippen LogP contribution in [-0.4, -0.2) is 16.0 Å². The number of halogens is 1. The number of nitro benzene ring substituents is 1. The molecule has 0 atom stereocenters. The molecule has 7 heteroatoms. The van der Waals surface area contributed by atoms with Gasteiger partial charge in [-0.05, 0) is 30.3 Å². The monoisotopic (exact) mass is 309 g/mol. The number of benzene rings is 2. The quantitative estimate of drug-likeness (QED) is 0.679. The standard InChI is InChI=1S/C13H8ClNO4S/c14-9-4-5-11(15(18)19)12(7-9)20-10-3-1-2-8(6-10)13(16)17/h1-7H,(H,16,17). The maximum absolute atomic E-state index is 11.0. The van der Waals surface area contributed by atoms with Crippen molar-refractivity contribution in [3.8, 4) is 0 Å². The van der Waals surface area contributed by atoms with Gasteiger partial charge in [0.2, 0.25) is 0 Å². The molecule has 0 aliphatic heterocycles. The van der Waals surface area contributed by atoms with Crippen molar-refractivity contribution in [1.82, 2.24) is 0 Å². The molecule has 0 aliphatic carbocycles. The minimum atomic E-state index is -1.05. The van der Waals surface area contributed by atoms with Gasteiger partial charge in [-0.15, -0.1) is 0 Å². The van der Waals surface area contributed by atoms with Crippen LogP contribution >= 0.6 is 23.4 Å². The highest BCUT2D eigenvalue weighted by Crippen LogP contribution is 2.36. The highest BCUT2D eigenvalue weighted by atomic mass is 35.5. The van der Waals surface area contributed by atoms with Gasteiger partial charge >= 0.3 is 5.97 Å². The molecule has 2 aromatic carbocycles. The summed E-state index contributed by atoms with van der Waals surface area (Å²) in [6.07, 6.45) is 0. The molecule has 0 radical (unpaired) electrons. The molecular weight excluding hydrogens is 302 g/mol. The first-order chi connectivity index (χ1) is 9.47. The van der Waals surface area contributed by atoms with Crippen molar-refractivity contribution < 1.29 is 14.8 Å². The van der Waals surface area contributed by atoms with Gasteiger partial charge in [-0.25, -0.2) is 4.79 Å². The maximum atomic E-state index is 11.0. The fourth-order valence-electron chi connectivity index (χ4n) is 1.54. The molecule has 0 amide bonds. The summed E-state index contributed by atoms with van der Waals surface area (Å²) in [5.74, 6) is -1.05. The second-order valence-electron chi connectivity index (χ2n) is 3.80. The largest absolute Gasteiger partial charge is 0.478 e. The van der Waals surface area contributed by atoms with E-state index in [0.717, 1.165) is 11.8 Å². The Labute approximate surface area is 123 Å². The average molecular weight is 310 g/mol. The molecule has 0 spiro atoms. The van der Waals surface area contributed by atoms with Crippen LogP contribution in [0.4, 0.5) is 5.69 Å². The van der Waals surface area contributed by atoms with Crippen molar-refractivity contribution in [3.05, 3.63) is 63.2 Å². The zero-order chi connectivity index (χ0) is 14.7. The topological polar surface area (TPSA) is 80.4 Å². The number of carbonyl (C=O) groups is 1. The lowest BCUT2D eigenvalue weighted by molar-refractivity contribution is -0.387. The van der Waals surface area contributed by atoms with Crippen LogP contribution in [0.1, 0.15) is 10.4 Å². The lowest BCUT2D eigenvalue weighted by atomic mass is 10.2. The van der Waals surface area contributed by atoms with Crippen LogP contribution in [0.25, 0.3) is 0 Å². The van der Waals surface area contributed by atoms with E-state index >= 15 is 0 Å². The first-order valence-electron chi connectivity index (χ1n) is 5.42. The summed E-state index contributed by atoms with van der Waals surface area (Å²) in [4.78, 5) is 22.3. The summed E-state index contributed by atoms with van der Waals surface area (Å²) in [7, 11) is 0. The number of rotatable bonds is 4. The van der Waals surface area contributed by atoms with Gasteiger partial charge in [0.05, 0.1) is 15.4 Å². The van der Waals surface area contributed by atoms with Gasteiger partial charge in [-0.2, -0.15) is 0 Å². The lowest BCUT2D eigenvalue weighted by Crippen LogP contribution is -1.95. The van der Waals surface area contributed by atoms with Crippen LogP contribution in [-0.2, 0) is 0 Å². The second-order valence-corrected chi connectivity index (χ2v) is 5.36. The van der Waals surface area contributed by atoms with Crippen LogP contribution < -0.4 is 0 Å². The van der Waals surface area contributed by atoms with Crippen molar-refractivity contribution in [2.75, 3.05) is 0 Å². The number of nitro groups is 1. The first kappa shape index (κ1) is 14.4. The summed E-state index contributed by atoms with van der Waals surface area (Å²) >= 11 is 6.94. The van der Waals surface area contributed by atoms with Gasteiger partial charge in [0.25, 0.3) is 5.69 Å². The van der Waals surface area contributed by atoms with Crippen LogP contribution in [0.2, 0.25) is 5.02 Å². The van der Waals surface area contributed by atoms with Gasteiger partial charge in [0, 0.05) is 16.0 Å². The fourth-order valence-corrected chi connectivity index (χ4v) is 2.80. The zero-order valence-corrected chi connectivity index (χ0v) is 11.5. The van der Waals surface area contributed by atoms with Crippen molar-refractivity contribution in [3.63, 3.8) is 0 Å². The molecular formula is C13H8ClNO4S. The summed E-state index contributed by atoms with van der Waals surface area (Å²) in [6, 6.07) is 10.4. The third kappa shape index (κ3) is 3.28. The van der Waals surface area contributed by atoms with Gasteiger partial charge < -0.3 is 5.11 Å². The zero-order valence-electron chi connectivity index (χ0n) is 9.95. The summed E-state index contributed by atoms with van der Waals surface area (Å²) in [5, 5.41) is 20.3. The van der Waals surface area contributed by atoms with Crippen LogP contribution in [0, 0.1) is 10.1 Å². The molecule has 0 unspecified atom stereocenters. The molecule has 0 aromatic heterocycles. The molecule has 20 heavy (non-hydrogen) atoms. The van der Waals surface area contributed by atoms with E-state index in [0.29, 0.717) is 14.8 Å². The number of carboxylic acids is 1. The van der Waals surface area contributed by atoms with Crippen LogP contribution in [0.15, 0.2) is 52.3 Å². The van der Waals surface area contributed by atoms with Crippen LogP contribution in [0.5, 0.6) is 0 Å². The molecule has 102 valence electrons. The van der Waals surface area contributed by atoms with Gasteiger partial charge in [-0.3, -0.25) is 10.1 Å². The number of carboxylic acid groups (broad SMARTS) is 1. The molecule has 0 fully saturated rings. The first-order valence-corrected chi connectivity index (χ1v) is 6.62. The third-order valence-corrected chi connectivity index (χ3v) is 3.70. The van der Waals surface area contributed by atoms with Crippen LogP contribution in [0.3, 0.4) is 0 Å². The molecule has 0 bridgehead atoms. The minimum Gasteiger partial charge on any atom is -0.478 e. The Kier molecular flexibility index (Phi) is 4.26. The molecule has 2 aromatic rings. The number of hydrogen-bond acceptors (Lipinski definition) is 4. The lowest BCUT2D eigenvalue weighted by Gasteiger charge is -2.04. The molecule has 0 aliphatic rings. The summed E-state index contributed by atoms with van der Waals surface area (Å²) in [6.45, 7) is 0. The SMILES string of the molecule is O=C(O)c1cccc(Sc2cc(Cl)ccc2[N+](=O)[O-])c1. The molecule has 2 rings (SSSR count). The van der Waals surface area contributed by atoms with E-state index in [4.69, 9.17) is 16.7 Å². The molecule has 0 saturated carbocycles. The van der Waals surface area contributed by atoms with E-state index in [1.807, 2.05) is 0 Å². The minimum absolute atomic E-state index is 0.0693. The Balaban J connectivity index is 2.39. The van der Waals surface area contributed by atoms with E-state index in [-0.39, 0.29) is 11.3 Å². The predicted octanol–water partition coefficient (Wildman–Crippen LogP) is 4.10. The van der Waals surface area contributed by atoms with Crippen molar-refractivity contribution >= 4 is 35.0 Å². The number of nitrogens with zero attached hydrogens (tertiary/aromatic N) is 1. The molecule has 0 heterocycles. The van der Waals surface area contributed by atoms with Crippen molar-refractivity contribution in [2.24, 2.45) is 0 Å². The van der Waals surface area contributed by atoms with Gasteiger partial charge in [0.1, 0.15) is 0 Å². The third-order valence-electron chi connectivity index (χ3n) is 2.43. The fraction of sp³-hybridized carbons (Fsp3) is 0. The average Bonchev–Trinajstić information content (AvgIpc) is 2.38. The van der Waals surface area contributed by atoms with Gasteiger partial charge in [-0.1, -0.05) is 29.4 Å². The highest BCUT2D eigenvalue weighted by molar-refractivity contribution is 7.99. The number of hydrogen-bond donors (Lipinski definition) is 1. The normalized spacial score (nSPS) is 10.2. The summed E-state index contributed by atoms with van der Waals surface area (Å²) < 4.78 is 0. The predicted molar refractivity (Wildman–Crippen MR) is 75.6 cm³/mol. The molecule has 0 saturated heterocycles. The Hall–Kier alpha value is -2.05. The second kappa shape index (κ2) is 5.94. The Morgan fingerprint density at radius 3 is 2.65 bits per heavy atom. The van der Waals surface area contributed by atoms with Crippen molar-refractivity contribution in [1.29, 1.82) is 0 Å². The molecule has 5 nitrogen and oxygen atoms in total. The maximum Gasteiger partial charge on any atom is 0.335 e.